The van der Waals surface area contributed by atoms with Crippen molar-refractivity contribution in [1.29, 1.82) is 0 Å². The number of ether oxygens (including phenoxy) is 2. The second-order valence-corrected chi connectivity index (χ2v) is 7.39. The van der Waals surface area contributed by atoms with E-state index in [-0.39, 0.29) is 16.9 Å². The van der Waals surface area contributed by atoms with Gasteiger partial charge in [-0.15, -0.1) is 0 Å². The fraction of sp³-hybridized carbons (Fsp3) is 0.444. The highest BCUT2D eigenvalue weighted by Crippen LogP contribution is 2.57. The van der Waals surface area contributed by atoms with Crippen molar-refractivity contribution in [2.45, 2.75) is 39.4 Å². The van der Waals surface area contributed by atoms with Crippen LogP contribution in [0.3, 0.4) is 0 Å². The van der Waals surface area contributed by atoms with Gasteiger partial charge in [0.05, 0.1) is 0 Å². The Labute approximate surface area is 143 Å². The van der Waals surface area contributed by atoms with Gasteiger partial charge in [-0.1, -0.05) is 13.8 Å². The van der Waals surface area contributed by atoms with Crippen LogP contribution in [0, 0.1) is 11.3 Å². The molecule has 2 heterocycles. The van der Waals surface area contributed by atoms with Crippen LogP contribution in [0.15, 0.2) is 34.1 Å². The fourth-order valence-corrected chi connectivity index (χ4v) is 4.01. The van der Waals surface area contributed by atoms with E-state index in [0.717, 1.165) is 0 Å². The first kappa shape index (κ1) is 16.0. The number of allylic oxidation sites excluding steroid dienone is 3. The smallest absolute Gasteiger partial charge is 0.349 e. The zero-order valence-corrected chi connectivity index (χ0v) is 14.1. The molecule has 0 bridgehead atoms. The van der Waals surface area contributed by atoms with Crippen molar-refractivity contribution in [3.05, 3.63) is 34.1 Å². The van der Waals surface area contributed by atoms with E-state index in [1.807, 2.05) is 0 Å². The van der Waals surface area contributed by atoms with Crippen LogP contribution < -0.4 is 0 Å². The number of hydrogen-bond donors (Lipinski definition) is 1. The van der Waals surface area contributed by atoms with Gasteiger partial charge in [-0.05, 0) is 25.5 Å². The molecular formula is C18H16O7. The van der Waals surface area contributed by atoms with Gasteiger partial charge in [-0.2, -0.15) is 0 Å². The summed E-state index contributed by atoms with van der Waals surface area (Å²) in [6.07, 6.45) is 0.724. The van der Waals surface area contributed by atoms with Crippen molar-refractivity contribution in [2.75, 3.05) is 0 Å². The summed E-state index contributed by atoms with van der Waals surface area (Å²) in [6, 6.07) is 0. The largest absolute Gasteiger partial charge is 0.490 e. The summed E-state index contributed by atoms with van der Waals surface area (Å²) in [5.41, 5.74) is -2.81. The average molecular weight is 344 g/mol. The van der Waals surface area contributed by atoms with Gasteiger partial charge < -0.3 is 14.6 Å². The van der Waals surface area contributed by atoms with Crippen molar-refractivity contribution < 1.29 is 33.8 Å². The van der Waals surface area contributed by atoms with Crippen molar-refractivity contribution in [2.24, 2.45) is 11.3 Å². The Bertz CT molecular complexity index is 898. The summed E-state index contributed by atoms with van der Waals surface area (Å²) < 4.78 is 10.4. The molecule has 2 aliphatic carbocycles. The summed E-state index contributed by atoms with van der Waals surface area (Å²) in [7, 11) is 0. The lowest BCUT2D eigenvalue weighted by atomic mass is 9.61. The molecule has 130 valence electrons. The fourth-order valence-electron chi connectivity index (χ4n) is 4.01. The Morgan fingerprint density at radius 3 is 2.40 bits per heavy atom. The number of fused-ring (bicyclic) bond motifs is 1. The monoisotopic (exact) mass is 344 g/mol. The van der Waals surface area contributed by atoms with E-state index in [1.165, 1.54) is 6.08 Å². The van der Waals surface area contributed by atoms with E-state index in [4.69, 9.17) is 4.74 Å². The van der Waals surface area contributed by atoms with E-state index >= 15 is 0 Å². The van der Waals surface area contributed by atoms with Crippen molar-refractivity contribution in [3.63, 3.8) is 0 Å². The summed E-state index contributed by atoms with van der Waals surface area (Å²) in [5.74, 6) is -4.98. The highest BCUT2D eigenvalue weighted by Gasteiger charge is 2.68. The van der Waals surface area contributed by atoms with Crippen LogP contribution in [0.5, 0.6) is 0 Å². The second kappa shape index (κ2) is 4.35. The molecule has 0 aromatic rings. The number of aliphatic hydroxyl groups is 1. The minimum absolute atomic E-state index is 0.000764. The zero-order valence-electron chi connectivity index (χ0n) is 14.1. The van der Waals surface area contributed by atoms with E-state index in [9.17, 15) is 24.3 Å². The molecule has 0 spiro atoms. The first-order chi connectivity index (χ1) is 11.5. The minimum Gasteiger partial charge on any atom is -0.490 e. The number of ketones is 2. The summed E-state index contributed by atoms with van der Waals surface area (Å²) in [6.45, 7) is 6.65. The molecule has 0 aromatic carbocycles. The van der Waals surface area contributed by atoms with Gasteiger partial charge >= 0.3 is 11.9 Å². The van der Waals surface area contributed by atoms with Gasteiger partial charge in [0, 0.05) is 16.6 Å². The topological polar surface area (TPSA) is 107 Å². The molecular weight excluding hydrogens is 328 g/mol. The lowest BCUT2D eigenvalue weighted by molar-refractivity contribution is -0.163. The Balaban J connectivity index is 2.15. The first-order valence-corrected chi connectivity index (χ1v) is 7.95. The molecule has 1 N–H and O–H groups in total. The van der Waals surface area contributed by atoms with E-state index in [0.29, 0.717) is 5.57 Å². The lowest BCUT2D eigenvalue weighted by Crippen LogP contribution is -2.57. The molecule has 1 saturated heterocycles. The average Bonchev–Trinajstić information content (AvgIpc) is 2.67. The lowest BCUT2D eigenvalue weighted by Gasteiger charge is -2.41. The van der Waals surface area contributed by atoms with Crippen LogP contribution in [0.25, 0.3) is 0 Å². The molecule has 2 aliphatic heterocycles. The molecule has 0 radical (unpaired) electrons. The van der Waals surface area contributed by atoms with Crippen LogP contribution in [0.4, 0.5) is 0 Å². The molecule has 4 rings (SSSR count). The molecule has 0 aromatic heterocycles. The third-order valence-electron chi connectivity index (χ3n) is 5.85. The Morgan fingerprint density at radius 2 is 1.76 bits per heavy atom. The molecule has 4 aliphatic rings. The SMILES string of the molecule is CC1=CC(=O)C2C(=O)OC(=O)C3=C2C1=C1O[C@@H](C)C(C)(C)[C@@]1(O)C3=O. The molecule has 1 fully saturated rings. The molecule has 0 amide bonds. The summed E-state index contributed by atoms with van der Waals surface area (Å²) >= 11 is 0. The predicted molar refractivity (Wildman–Crippen MR) is 81.7 cm³/mol. The number of Topliss-reactive ketones (excluding diaryl/α,β-unsaturated/α-hetero) is 1. The highest BCUT2D eigenvalue weighted by molar-refractivity contribution is 6.30. The molecule has 7 heteroatoms. The molecule has 0 saturated carbocycles. The maximum atomic E-state index is 13.1. The molecule has 25 heavy (non-hydrogen) atoms. The molecule has 1 unspecified atom stereocenters. The van der Waals surface area contributed by atoms with Gasteiger partial charge in [0.15, 0.2) is 11.4 Å². The Hall–Kier alpha value is -2.54. The van der Waals surface area contributed by atoms with Crippen molar-refractivity contribution >= 4 is 23.5 Å². The number of carbonyl (C=O) groups is 4. The van der Waals surface area contributed by atoms with Crippen LogP contribution in [0.1, 0.15) is 27.7 Å². The normalized spacial score (nSPS) is 36.0. The van der Waals surface area contributed by atoms with Crippen LogP contribution >= 0.6 is 0 Å². The maximum absolute atomic E-state index is 13.1. The number of esters is 2. The van der Waals surface area contributed by atoms with Gasteiger partial charge in [-0.25, -0.2) is 4.79 Å². The van der Waals surface area contributed by atoms with Gasteiger partial charge in [-0.3, -0.25) is 14.4 Å². The maximum Gasteiger partial charge on any atom is 0.349 e. The van der Waals surface area contributed by atoms with E-state index in [2.05, 4.69) is 4.74 Å². The summed E-state index contributed by atoms with van der Waals surface area (Å²) in [4.78, 5) is 49.8. The number of hydrogen-bond acceptors (Lipinski definition) is 7. The van der Waals surface area contributed by atoms with Gasteiger partial charge in [0.25, 0.3) is 0 Å². The third-order valence-corrected chi connectivity index (χ3v) is 5.85. The zero-order chi connectivity index (χ0) is 18.5. The van der Waals surface area contributed by atoms with Crippen LogP contribution in [-0.4, -0.2) is 40.3 Å². The Morgan fingerprint density at radius 1 is 1.12 bits per heavy atom. The predicted octanol–water partition coefficient (Wildman–Crippen LogP) is 0.524. The van der Waals surface area contributed by atoms with Crippen molar-refractivity contribution in [1.82, 2.24) is 0 Å². The van der Waals surface area contributed by atoms with Gasteiger partial charge in [0.1, 0.15) is 23.4 Å². The quantitative estimate of drug-likeness (QED) is 0.388. The number of cyclic esters (lactones) is 2. The Kier molecular flexibility index (Phi) is 2.77. The van der Waals surface area contributed by atoms with Crippen LogP contribution in [-0.2, 0) is 28.7 Å². The second-order valence-electron chi connectivity index (χ2n) is 7.39. The highest BCUT2D eigenvalue weighted by atomic mass is 16.6. The van der Waals surface area contributed by atoms with E-state index < -0.39 is 52.1 Å². The minimum atomic E-state index is -2.07. The third kappa shape index (κ3) is 1.55. The van der Waals surface area contributed by atoms with Gasteiger partial charge in [0.2, 0.25) is 5.78 Å². The first-order valence-electron chi connectivity index (χ1n) is 7.95. The van der Waals surface area contributed by atoms with Crippen LogP contribution in [0.2, 0.25) is 0 Å². The standard InChI is InChI=1S/C18H16O7/c1-6-5-8(19)10-11-9(6)14-18(23,17(3,4)7(2)24-14)13(20)12(11)16(22)25-15(10)21/h5,7,10,23H,1-4H3/t7-,10?,18+/m0/s1. The van der Waals surface area contributed by atoms with Crippen molar-refractivity contribution in [3.8, 4) is 0 Å². The number of rotatable bonds is 0. The molecule has 7 nitrogen and oxygen atoms in total. The number of carbonyl (C=O) groups excluding carboxylic acids is 4. The molecule has 3 atom stereocenters. The van der Waals surface area contributed by atoms with E-state index in [1.54, 1.807) is 27.7 Å². The summed E-state index contributed by atoms with van der Waals surface area (Å²) in [5, 5.41) is 11.3.